The molecule has 1 saturated heterocycles. The van der Waals surface area contributed by atoms with Crippen molar-refractivity contribution in [3.8, 4) is 11.5 Å². The molecule has 3 aromatic rings. The first kappa shape index (κ1) is 21.7. The van der Waals surface area contributed by atoms with Crippen LogP contribution in [0.4, 0.5) is 4.79 Å². The molecule has 0 N–H and O–H groups in total. The maximum atomic E-state index is 12.7. The standard InChI is InChI=1S/C26H23NO4S/c1-19-10-12-22(13-11-19)30-14-15-31-23-9-5-8-21(16-23)17-24-25(28)27(26(29)32-24)18-20-6-3-2-4-7-20/h2-13,16-17H,14-15,18H2,1H3/b24-17-. The van der Waals surface area contributed by atoms with Crippen molar-refractivity contribution < 1.29 is 19.1 Å². The SMILES string of the molecule is Cc1ccc(OCCOc2cccc(/C=C3\SC(=O)N(Cc4ccccc4)C3=O)c2)cc1. The van der Waals surface area contributed by atoms with Gasteiger partial charge >= 0.3 is 0 Å². The zero-order chi connectivity index (χ0) is 22.3. The molecule has 162 valence electrons. The first-order valence-corrected chi connectivity index (χ1v) is 11.1. The summed E-state index contributed by atoms with van der Waals surface area (Å²) in [4.78, 5) is 26.8. The van der Waals surface area contributed by atoms with Crippen LogP contribution in [0.15, 0.2) is 83.8 Å². The van der Waals surface area contributed by atoms with Crippen molar-refractivity contribution in [2.24, 2.45) is 0 Å². The number of aryl methyl sites for hydroxylation is 1. The zero-order valence-electron chi connectivity index (χ0n) is 17.7. The predicted molar refractivity (Wildman–Crippen MR) is 127 cm³/mol. The molecule has 0 radical (unpaired) electrons. The highest BCUT2D eigenvalue weighted by Crippen LogP contribution is 2.33. The van der Waals surface area contributed by atoms with Crippen LogP contribution in [-0.2, 0) is 11.3 Å². The van der Waals surface area contributed by atoms with E-state index in [0.717, 1.165) is 28.6 Å². The number of carbonyl (C=O) groups is 2. The molecule has 0 bridgehead atoms. The number of ether oxygens (including phenoxy) is 2. The van der Waals surface area contributed by atoms with E-state index in [-0.39, 0.29) is 17.7 Å². The molecule has 4 rings (SSSR count). The average Bonchev–Trinajstić information content (AvgIpc) is 3.06. The maximum absolute atomic E-state index is 12.7. The van der Waals surface area contributed by atoms with Crippen LogP contribution in [0, 0.1) is 6.92 Å². The van der Waals surface area contributed by atoms with Crippen LogP contribution in [0.1, 0.15) is 16.7 Å². The third-order valence-corrected chi connectivity index (χ3v) is 5.76. The molecule has 32 heavy (non-hydrogen) atoms. The van der Waals surface area contributed by atoms with E-state index in [1.165, 1.54) is 10.5 Å². The van der Waals surface area contributed by atoms with Gasteiger partial charge in [-0.25, -0.2) is 0 Å². The van der Waals surface area contributed by atoms with Crippen LogP contribution < -0.4 is 9.47 Å². The molecule has 1 aliphatic rings. The van der Waals surface area contributed by atoms with Crippen LogP contribution in [0.5, 0.6) is 11.5 Å². The number of nitrogens with zero attached hydrogens (tertiary/aromatic N) is 1. The Morgan fingerprint density at radius 3 is 2.31 bits per heavy atom. The first-order chi connectivity index (χ1) is 15.6. The monoisotopic (exact) mass is 445 g/mol. The largest absolute Gasteiger partial charge is 0.490 e. The van der Waals surface area contributed by atoms with Gasteiger partial charge in [-0.1, -0.05) is 60.2 Å². The number of benzene rings is 3. The highest BCUT2D eigenvalue weighted by Gasteiger charge is 2.34. The number of hydrogen-bond donors (Lipinski definition) is 0. The van der Waals surface area contributed by atoms with E-state index in [1.807, 2.05) is 85.8 Å². The van der Waals surface area contributed by atoms with Gasteiger partial charge in [0.1, 0.15) is 24.7 Å². The second kappa shape index (κ2) is 10.2. The Balaban J connectivity index is 1.35. The lowest BCUT2D eigenvalue weighted by molar-refractivity contribution is -0.123. The van der Waals surface area contributed by atoms with Gasteiger partial charge in [-0.3, -0.25) is 14.5 Å². The molecule has 5 nitrogen and oxygen atoms in total. The summed E-state index contributed by atoms with van der Waals surface area (Å²) in [5, 5.41) is -0.259. The molecular formula is C26H23NO4S. The average molecular weight is 446 g/mol. The van der Waals surface area contributed by atoms with Gasteiger partial charge in [0.15, 0.2) is 0 Å². The minimum atomic E-state index is -0.276. The summed E-state index contributed by atoms with van der Waals surface area (Å²) in [6.45, 7) is 3.12. The maximum Gasteiger partial charge on any atom is 0.293 e. The van der Waals surface area contributed by atoms with Gasteiger partial charge in [0.05, 0.1) is 11.4 Å². The Morgan fingerprint density at radius 2 is 1.56 bits per heavy atom. The Labute approximate surface area is 191 Å². The van der Waals surface area contributed by atoms with Crippen LogP contribution >= 0.6 is 11.8 Å². The second-order valence-corrected chi connectivity index (χ2v) is 8.33. The van der Waals surface area contributed by atoms with Gasteiger partial charge in [-0.15, -0.1) is 0 Å². The summed E-state index contributed by atoms with van der Waals surface area (Å²) < 4.78 is 11.5. The lowest BCUT2D eigenvalue weighted by Gasteiger charge is -2.12. The van der Waals surface area contributed by atoms with Crippen molar-refractivity contribution in [2.45, 2.75) is 13.5 Å². The first-order valence-electron chi connectivity index (χ1n) is 10.3. The van der Waals surface area contributed by atoms with Crippen molar-refractivity contribution in [1.82, 2.24) is 4.90 Å². The quantitative estimate of drug-likeness (QED) is 0.329. The molecule has 6 heteroatoms. The van der Waals surface area contributed by atoms with E-state index in [4.69, 9.17) is 9.47 Å². The third kappa shape index (κ3) is 5.59. The van der Waals surface area contributed by atoms with Crippen LogP contribution in [-0.4, -0.2) is 29.3 Å². The van der Waals surface area contributed by atoms with Gasteiger partial charge < -0.3 is 9.47 Å². The summed E-state index contributed by atoms with van der Waals surface area (Å²) >= 11 is 0.960. The van der Waals surface area contributed by atoms with Crippen LogP contribution in [0.3, 0.4) is 0 Å². The summed E-state index contributed by atoms with van der Waals surface area (Å²) in [7, 11) is 0. The van der Waals surface area contributed by atoms with Gasteiger partial charge in [0, 0.05) is 0 Å². The predicted octanol–water partition coefficient (Wildman–Crippen LogP) is 5.69. The van der Waals surface area contributed by atoms with E-state index in [9.17, 15) is 9.59 Å². The Hall–Kier alpha value is -3.51. The molecule has 0 spiro atoms. The molecule has 0 aliphatic carbocycles. The Morgan fingerprint density at radius 1 is 0.844 bits per heavy atom. The number of rotatable bonds is 8. The molecule has 2 amide bonds. The van der Waals surface area contributed by atoms with Gasteiger partial charge in [-0.2, -0.15) is 0 Å². The van der Waals surface area contributed by atoms with Crippen molar-refractivity contribution >= 4 is 29.0 Å². The highest BCUT2D eigenvalue weighted by atomic mass is 32.2. The fourth-order valence-corrected chi connectivity index (χ4v) is 4.04. The number of amides is 2. The summed E-state index contributed by atoms with van der Waals surface area (Å²) in [5.41, 5.74) is 2.90. The molecule has 0 saturated carbocycles. The molecule has 0 unspecified atom stereocenters. The number of hydrogen-bond acceptors (Lipinski definition) is 5. The van der Waals surface area contributed by atoms with Gasteiger partial charge in [0.25, 0.3) is 11.1 Å². The van der Waals surface area contributed by atoms with Gasteiger partial charge in [0.2, 0.25) is 0 Å². The smallest absolute Gasteiger partial charge is 0.293 e. The molecule has 1 fully saturated rings. The van der Waals surface area contributed by atoms with Crippen molar-refractivity contribution in [3.05, 3.63) is 100 Å². The highest BCUT2D eigenvalue weighted by molar-refractivity contribution is 8.18. The summed E-state index contributed by atoms with van der Waals surface area (Å²) in [5.74, 6) is 1.20. The van der Waals surface area contributed by atoms with Crippen LogP contribution in [0.2, 0.25) is 0 Å². The fourth-order valence-electron chi connectivity index (χ4n) is 3.20. The Bertz CT molecular complexity index is 1130. The summed E-state index contributed by atoms with van der Waals surface area (Å²) in [6.07, 6.45) is 1.73. The molecule has 0 atom stereocenters. The molecule has 1 aliphatic heterocycles. The topological polar surface area (TPSA) is 55.8 Å². The van der Waals surface area contributed by atoms with E-state index in [0.29, 0.717) is 23.9 Å². The number of thioether (sulfide) groups is 1. The zero-order valence-corrected chi connectivity index (χ0v) is 18.5. The fraction of sp³-hybridized carbons (Fsp3) is 0.154. The van der Waals surface area contributed by atoms with Crippen molar-refractivity contribution in [2.75, 3.05) is 13.2 Å². The van der Waals surface area contributed by atoms with Gasteiger partial charge in [-0.05, 0) is 60.2 Å². The lowest BCUT2D eigenvalue weighted by Crippen LogP contribution is -2.27. The number of carbonyl (C=O) groups excluding carboxylic acids is 2. The lowest BCUT2D eigenvalue weighted by atomic mass is 10.2. The number of imide groups is 1. The summed E-state index contributed by atoms with van der Waals surface area (Å²) in [6, 6.07) is 24.8. The molecular weight excluding hydrogens is 422 g/mol. The second-order valence-electron chi connectivity index (χ2n) is 7.34. The van der Waals surface area contributed by atoms with E-state index in [2.05, 4.69) is 0 Å². The minimum absolute atomic E-state index is 0.259. The third-order valence-electron chi connectivity index (χ3n) is 4.85. The molecule has 3 aromatic carbocycles. The van der Waals surface area contributed by atoms with E-state index >= 15 is 0 Å². The Kier molecular flexibility index (Phi) is 6.92. The van der Waals surface area contributed by atoms with E-state index in [1.54, 1.807) is 6.08 Å². The van der Waals surface area contributed by atoms with Crippen molar-refractivity contribution in [3.63, 3.8) is 0 Å². The molecule has 1 heterocycles. The van der Waals surface area contributed by atoms with Crippen LogP contribution in [0.25, 0.3) is 6.08 Å². The minimum Gasteiger partial charge on any atom is -0.490 e. The van der Waals surface area contributed by atoms with Crippen molar-refractivity contribution in [1.29, 1.82) is 0 Å². The normalized spacial score (nSPS) is 14.8. The van der Waals surface area contributed by atoms with E-state index < -0.39 is 0 Å². The molecule has 0 aromatic heterocycles.